The molecule has 1 amide bonds. The number of aromatic carboxylic acids is 1. The molecule has 2 aromatic carbocycles. The highest BCUT2D eigenvalue weighted by atomic mass is 19.1. The Balaban J connectivity index is 1.74. The van der Waals surface area contributed by atoms with Crippen LogP contribution in [0.1, 0.15) is 55.1 Å². The fourth-order valence-corrected chi connectivity index (χ4v) is 3.78. The van der Waals surface area contributed by atoms with Crippen LogP contribution in [0.3, 0.4) is 0 Å². The van der Waals surface area contributed by atoms with Crippen LogP contribution < -0.4 is 4.74 Å². The summed E-state index contributed by atoms with van der Waals surface area (Å²) < 4.78 is 19.2. The molecule has 1 N–H and O–H groups in total. The summed E-state index contributed by atoms with van der Waals surface area (Å²) >= 11 is 0. The van der Waals surface area contributed by atoms with E-state index in [1.807, 2.05) is 18.7 Å². The van der Waals surface area contributed by atoms with E-state index in [-0.39, 0.29) is 35.3 Å². The molecular weight excluding hydrogens is 373 g/mol. The second kappa shape index (κ2) is 9.07. The number of likely N-dealkylation sites (tertiary alicyclic amines) is 1. The first-order valence-corrected chi connectivity index (χ1v) is 9.88. The van der Waals surface area contributed by atoms with Crippen LogP contribution in [0.4, 0.5) is 4.39 Å². The molecule has 154 valence electrons. The number of carbonyl (C=O) groups excluding carboxylic acids is 1. The van der Waals surface area contributed by atoms with Crippen LogP contribution in [0.25, 0.3) is 0 Å². The summed E-state index contributed by atoms with van der Waals surface area (Å²) in [6.07, 6.45) is 2.03. The molecule has 1 fully saturated rings. The second-order valence-corrected chi connectivity index (χ2v) is 7.84. The zero-order valence-electron chi connectivity index (χ0n) is 16.7. The minimum atomic E-state index is -0.986. The molecule has 0 radical (unpaired) electrons. The van der Waals surface area contributed by atoms with Gasteiger partial charge in [-0.3, -0.25) is 4.79 Å². The summed E-state index contributed by atoms with van der Waals surface area (Å²) in [5, 5.41) is 8.99. The Hall–Kier alpha value is -2.89. The number of benzene rings is 2. The maximum absolute atomic E-state index is 13.3. The fourth-order valence-electron chi connectivity index (χ4n) is 3.78. The third-order valence-corrected chi connectivity index (χ3v) is 5.17. The summed E-state index contributed by atoms with van der Waals surface area (Å²) in [6.45, 7) is 4.35. The quantitative estimate of drug-likeness (QED) is 0.734. The predicted octanol–water partition coefficient (Wildman–Crippen LogP) is 4.68. The molecule has 1 heterocycles. The summed E-state index contributed by atoms with van der Waals surface area (Å²) in [7, 11) is 0. The number of rotatable bonds is 7. The van der Waals surface area contributed by atoms with Gasteiger partial charge in [-0.15, -0.1) is 0 Å². The first-order valence-electron chi connectivity index (χ1n) is 9.88. The van der Waals surface area contributed by atoms with Crippen LogP contribution in [0, 0.1) is 11.7 Å². The number of carboxylic acids is 1. The molecule has 3 rings (SSSR count). The van der Waals surface area contributed by atoms with Crippen molar-refractivity contribution in [3.05, 3.63) is 65.5 Å². The lowest BCUT2D eigenvalue weighted by Crippen LogP contribution is -2.41. The van der Waals surface area contributed by atoms with E-state index in [0.717, 1.165) is 18.4 Å². The number of ether oxygens (including phenoxy) is 1. The first-order chi connectivity index (χ1) is 13.8. The smallest absolute Gasteiger partial charge is 0.335 e. The normalized spacial score (nSPS) is 18.8. The van der Waals surface area contributed by atoms with Gasteiger partial charge in [-0.05, 0) is 60.7 Å². The molecule has 0 aromatic heterocycles. The van der Waals surface area contributed by atoms with Crippen LogP contribution >= 0.6 is 0 Å². The molecule has 5 nitrogen and oxygen atoms in total. The van der Waals surface area contributed by atoms with E-state index in [1.165, 1.54) is 24.3 Å². The maximum Gasteiger partial charge on any atom is 0.335 e. The van der Waals surface area contributed by atoms with Crippen molar-refractivity contribution in [2.45, 2.75) is 45.2 Å². The Morgan fingerprint density at radius 2 is 1.76 bits per heavy atom. The summed E-state index contributed by atoms with van der Waals surface area (Å²) in [6, 6.07) is 12.4. The number of nitrogens with zero attached hydrogens (tertiary/aromatic N) is 1. The van der Waals surface area contributed by atoms with Gasteiger partial charge in [-0.2, -0.15) is 0 Å². The molecule has 2 atom stereocenters. The largest absolute Gasteiger partial charge is 0.491 e. The van der Waals surface area contributed by atoms with Crippen molar-refractivity contribution in [2.75, 3.05) is 6.61 Å². The van der Waals surface area contributed by atoms with Crippen LogP contribution in [0.2, 0.25) is 0 Å². The van der Waals surface area contributed by atoms with E-state index in [4.69, 9.17) is 9.84 Å². The van der Waals surface area contributed by atoms with Crippen LogP contribution in [0.5, 0.6) is 5.75 Å². The SMILES string of the molecule is CC(C)CC(=O)N1C(COc2ccc(C(=O)O)cc2)CCC1c1ccc(F)cc1. The van der Waals surface area contributed by atoms with Gasteiger partial charge in [0.05, 0.1) is 17.6 Å². The van der Waals surface area contributed by atoms with Gasteiger partial charge in [0.25, 0.3) is 0 Å². The third kappa shape index (κ3) is 5.13. The van der Waals surface area contributed by atoms with Crippen LogP contribution in [-0.2, 0) is 4.79 Å². The molecule has 2 aromatic rings. The van der Waals surface area contributed by atoms with E-state index in [9.17, 15) is 14.0 Å². The third-order valence-electron chi connectivity index (χ3n) is 5.17. The highest BCUT2D eigenvalue weighted by Gasteiger charge is 2.38. The second-order valence-electron chi connectivity index (χ2n) is 7.84. The number of hydrogen-bond donors (Lipinski definition) is 1. The molecule has 1 saturated heterocycles. The Morgan fingerprint density at radius 1 is 1.10 bits per heavy atom. The molecule has 29 heavy (non-hydrogen) atoms. The van der Waals surface area contributed by atoms with Crippen molar-refractivity contribution in [1.82, 2.24) is 4.90 Å². The van der Waals surface area contributed by atoms with Crippen molar-refractivity contribution < 1.29 is 23.8 Å². The van der Waals surface area contributed by atoms with Crippen molar-refractivity contribution in [2.24, 2.45) is 5.92 Å². The lowest BCUT2D eigenvalue weighted by atomic mass is 10.0. The molecular formula is C23H26FNO4. The van der Waals surface area contributed by atoms with Crippen molar-refractivity contribution in [3.63, 3.8) is 0 Å². The van der Waals surface area contributed by atoms with E-state index >= 15 is 0 Å². The van der Waals surface area contributed by atoms with Gasteiger partial charge in [0, 0.05) is 6.42 Å². The first kappa shape index (κ1) is 20.8. The Kier molecular flexibility index (Phi) is 6.52. The van der Waals surface area contributed by atoms with Crippen molar-refractivity contribution >= 4 is 11.9 Å². The standard InChI is InChI=1S/C23H26FNO4/c1-15(2)13-22(26)25-19(9-12-21(25)16-3-7-18(24)8-4-16)14-29-20-10-5-17(6-11-20)23(27)28/h3-8,10-11,15,19,21H,9,12-14H2,1-2H3,(H,27,28). The van der Waals surface area contributed by atoms with Gasteiger partial charge in [-0.1, -0.05) is 26.0 Å². The topological polar surface area (TPSA) is 66.8 Å². The highest BCUT2D eigenvalue weighted by molar-refractivity contribution is 5.87. The van der Waals surface area contributed by atoms with Gasteiger partial charge in [0.15, 0.2) is 0 Å². The zero-order valence-corrected chi connectivity index (χ0v) is 16.7. The summed E-state index contributed by atoms with van der Waals surface area (Å²) in [5.41, 5.74) is 1.13. The van der Waals surface area contributed by atoms with Gasteiger partial charge in [0.1, 0.15) is 18.2 Å². The van der Waals surface area contributed by atoms with Gasteiger partial charge >= 0.3 is 5.97 Å². The predicted molar refractivity (Wildman–Crippen MR) is 107 cm³/mol. The molecule has 0 aliphatic carbocycles. The van der Waals surface area contributed by atoms with E-state index in [2.05, 4.69) is 0 Å². The zero-order chi connectivity index (χ0) is 21.0. The fraction of sp³-hybridized carbons (Fsp3) is 0.391. The minimum absolute atomic E-state index is 0.0710. The molecule has 0 bridgehead atoms. The van der Waals surface area contributed by atoms with Gasteiger partial charge < -0.3 is 14.7 Å². The lowest BCUT2D eigenvalue weighted by Gasteiger charge is -2.31. The monoisotopic (exact) mass is 399 g/mol. The Bertz CT molecular complexity index is 848. The minimum Gasteiger partial charge on any atom is -0.491 e. The Labute approximate surface area is 170 Å². The van der Waals surface area contributed by atoms with Crippen LogP contribution in [-0.4, -0.2) is 34.5 Å². The molecule has 0 saturated carbocycles. The average Bonchev–Trinajstić information content (AvgIpc) is 3.11. The van der Waals surface area contributed by atoms with Crippen LogP contribution in [0.15, 0.2) is 48.5 Å². The van der Waals surface area contributed by atoms with E-state index < -0.39 is 5.97 Å². The van der Waals surface area contributed by atoms with E-state index in [0.29, 0.717) is 18.8 Å². The molecule has 0 spiro atoms. The van der Waals surface area contributed by atoms with Gasteiger partial charge in [0.2, 0.25) is 5.91 Å². The highest BCUT2D eigenvalue weighted by Crippen LogP contribution is 2.37. The molecule has 2 unspecified atom stereocenters. The summed E-state index contributed by atoms with van der Waals surface area (Å²) in [5.74, 6) is -0.406. The lowest BCUT2D eigenvalue weighted by molar-refractivity contribution is -0.135. The van der Waals surface area contributed by atoms with Crippen molar-refractivity contribution in [1.29, 1.82) is 0 Å². The molecule has 1 aliphatic rings. The van der Waals surface area contributed by atoms with E-state index in [1.54, 1.807) is 24.3 Å². The van der Waals surface area contributed by atoms with Crippen molar-refractivity contribution in [3.8, 4) is 5.75 Å². The molecule has 6 heteroatoms. The Morgan fingerprint density at radius 3 is 2.34 bits per heavy atom. The average molecular weight is 399 g/mol. The summed E-state index contributed by atoms with van der Waals surface area (Å²) in [4.78, 5) is 25.8. The number of carboxylic acid groups (broad SMARTS) is 1. The number of hydrogen-bond acceptors (Lipinski definition) is 3. The maximum atomic E-state index is 13.3. The molecule has 1 aliphatic heterocycles. The number of carbonyl (C=O) groups is 2. The number of halogens is 1. The van der Waals surface area contributed by atoms with Gasteiger partial charge in [-0.25, -0.2) is 9.18 Å². The number of amides is 1.